The van der Waals surface area contributed by atoms with Crippen LogP contribution in [-0.2, 0) is 4.79 Å². The van der Waals surface area contributed by atoms with Gasteiger partial charge in [-0.1, -0.05) is 0 Å². The number of aromatic nitrogens is 1. The summed E-state index contributed by atoms with van der Waals surface area (Å²) in [6.45, 7) is 5.81. The van der Waals surface area contributed by atoms with Gasteiger partial charge in [0.05, 0.1) is 19.2 Å². The third-order valence-electron chi connectivity index (χ3n) is 6.70. The number of nitrogens with zero attached hydrogens (tertiary/aromatic N) is 4. The van der Waals surface area contributed by atoms with Crippen molar-refractivity contribution in [2.24, 2.45) is 5.41 Å². The van der Waals surface area contributed by atoms with Crippen molar-refractivity contribution in [1.82, 2.24) is 19.7 Å². The van der Waals surface area contributed by atoms with Crippen molar-refractivity contribution in [3.05, 3.63) is 23.9 Å². The molecule has 0 saturated carbocycles. The molecule has 3 aliphatic rings. The Kier molecular flexibility index (Phi) is 6.04. The molecule has 0 radical (unpaired) electrons. The fourth-order valence-electron chi connectivity index (χ4n) is 5.23. The van der Waals surface area contributed by atoms with Crippen LogP contribution in [0.15, 0.2) is 18.3 Å². The topological polar surface area (TPSA) is 66.0 Å². The second-order valence-electron chi connectivity index (χ2n) is 8.82. The van der Waals surface area contributed by atoms with Gasteiger partial charge in [-0.15, -0.1) is 0 Å². The highest BCUT2D eigenvalue weighted by molar-refractivity contribution is 5.94. The number of ether oxygens (including phenoxy) is 1. The van der Waals surface area contributed by atoms with E-state index in [1.807, 2.05) is 9.80 Å². The fourth-order valence-corrected chi connectivity index (χ4v) is 5.23. The zero-order chi connectivity index (χ0) is 20.3. The van der Waals surface area contributed by atoms with Crippen molar-refractivity contribution < 1.29 is 14.3 Å². The van der Waals surface area contributed by atoms with Crippen molar-refractivity contribution in [3.63, 3.8) is 0 Å². The molecule has 4 heterocycles. The van der Waals surface area contributed by atoms with Crippen molar-refractivity contribution >= 4 is 11.8 Å². The van der Waals surface area contributed by atoms with Crippen molar-refractivity contribution in [3.8, 4) is 5.88 Å². The van der Waals surface area contributed by atoms with Crippen molar-refractivity contribution in [1.29, 1.82) is 0 Å². The molecule has 0 N–H and O–H groups in total. The van der Waals surface area contributed by atoms with Gasteiger partial charge in [0.2, 0.25) is 11.8 Å². The zero-order valence-corrected chi connectivity index (χ0v) is 17.4. The average Bonchev–Trinajstić information content (AvgIpc) is 3.28. The van der Waals surface area contributed by atoms with E-state index >= 15 is 0 Å². The lowest BCUT2D eigenvalue weighted by molar-refractivity contribution is -0.132. The molecule has 1 atom stereocenters. The summed E-state index contributed by atoms with van der Waals surface area (Å²) in [5, 5.41) is 0. The van der Waals surface area contributed by atoms with Crippen LogP contribution in [0.2, 0.25) is 0 Å². The Balaban J connectivity index is 1.39. The summed E-state index contributed by atoms with van der Waals surface area (Å²) < 4.78 is 5.09. The van der Waals surface area contributed by atoms with Crippen molar-refractivity contribution in [2.45, 2.75) is 38.5 Å². The average molecular weight is 401 g/mol. The summed E-state index contributed by atoms with van der Waals surface area (Å²) in [7, 11) is 1.57. The molecule has 3 saturated heterocycles. The van der Waals surface area contributed by atoms with Gasteiger partial charge < -0.3 is 14.5 Å². The summed E-state index contributed by atoms with van der Waals surface area (Å²) in [5.41, 5.74) is 0.719. The van der Waals surface area contributed by atoms with Crippen LogP contribution in [0.5, 0.6) is 5.88 Å². The highest BCUT2D eigenvalue weighted by atomic mass is 16.5. The minimum atomic E-state index is 0.0458. The number of hydrogen-bond donors (Lipinski definition) is 0. The summed E-state index contributed by atoms with van der Waals surface area (Å²) in [5.74, 6) is 0.833. The third-order valence-corrected chi connectivity index (χ3v) is 6.70. The maximum absolute atomic E-state index is 13.0. The van der Waals surface area contributed by atoms with E-state index in [0.29, 0.717) is 18.0 Å². The van der Waals surface area contributed by atoms with Crippen LogP contribution < -0.4 is 4.74 Å². The smallest absolute Gasteiger partial charge is 0.255 e. The summed E-state index contributed by atoms with van der Waals surface area (Å²) in [6, 6.07) is 3.52. The Morgan fingerprint density at radius 3 is 2.41 bits per heavy atom. The number of pyridine rings is 1. The van der Waals surface area contributed by atoms with Crippen LogP contribution in [0.25, 0.3) is 0 Å². The molecule has 2 amide bonds. The van der Waals surface area contributed by atoms with E-state index in [2.05, 4.69) is 9.88 Å². The van der Waals surface area contributed by atoms with Gasteiger partial charge in [-0.3, -0.25) is 14.5 Å². The molecule has 0 aromatic carbocycles. The van der Waals surface area contributed by atoms with E-state index < -0.39 is 0 Å². The molecular weight excluding hydrogens is 368 g/mol. The Morgan fingerprint density at radius 2 is 1.72 bits per heavy atom. The molecule has 1 aromatic heterocycles. The SMILES string of the molecule is COc1ccc(C(=O)N2CCCC3(CCCN(CC(=O)N4CCCC4)C3)C2)cn1. The number of carbonyl (C=O) groups is 2. The lowest BCUT2D eigenvalue weighted by atomic mass is 9.73. The van der Waals surface area contributed by atoms with E-state index in [-0.39, 0.29) is 17.2 Å². The van der Waals surface area contributed by atoms with Gasteiger partial charge in [-0.05, 0) is 51.1 Å². The lowest BCUT2D eigenvalue weighted by Crippen LogP contribution is -2.55. The molecule has 7 nitrogen and oxygen atoms in total. The Bertz CT molecular complexity index is 728. The maximum atomic E-state index is 13.0. The monoisotopic (exact) mass is 400 g/mol. The molecule has 1 spiro atoms. The van der Waals surface area contributed by atoms with E-state index in [1.165, 1.54) is 0 Å². The summed E-state index contributed by atoms with van der Waals surface area (Å²) in [4.78, 5) is 36.1. The minimum Gasteiger partial charge on any atom is -0.481 e. The molecule has 3 aliphatic heterocycles. The molecule has 0 bridgehead atoms. The largest absolute Gasteiger partial charge is 0.481 e. The number of piperidine rings is 2. The van der Waals surface area contributed by atoms with Crippen molar-refractivity contribution in [2.75, 3.05) is 52.9 Å². The van der Waals surface area contributed by atoms with Gasteiger partial charge in [0, 0.05) is 50.4 Å². The molecule has 1 aromatic rings. The normalized spacial score (nSPS) is 25.4. The zero-order valence-electron chi connectivity index (χ0n) is 17.4. The first-order chi connectivity index (χ1) is 14.1. The van der Waals surface area contributed by atoms with Crippen LogP contribution in [0.3, 0.4) is 0 Å². The Morgan fingerprint density at radius 1 is 1.00 bits per heavy atom. The number of rotatable bonds is 4. The molecule has 29 heavy (non-hydrogen) atoms. The number of amides is 2. The highest BCUT2D eigenvalue weighted by Gasteiger charge is 2.41. The number of likely N-dealkylation sites (tertiary alicyclic amines) is 3. The standard InChI is InChI=1S/C22H32N4O3/c1-29-19-7-6-18(14-23-19)21(28)26-13-5-9-22(17-26)8-4-10-24(16-22)15-20(27)25-11-2-3-12-25/h6-7,14H,2-5,8-13,15-17H2,1H3. The third kappa shape index (κ3) is 4.55. The van der Waals surface area contributed by atoms with Crippen LogP contribution >= 0.6 is 0 Å². The molecular formula is C22H32N4O3. The van der Waals surface area contributed by atoms with Gasteiger partial charge in [-0.2, -0.15) is 0 Å². The van der Waals surface area contributed by atoms with Crippen LogP contribution in [-0.4, -0.2) is 84.4 Å². The first-order valence-electron chi connectivity index (χ1n) is 10.9. The van der Waals surface area contributed by atoms with E-state index in [0.717, 1.165) is 77.8 Å². The lowest BCUT2D eigenvalue weighted by Gasteiger charge is -2.48. The van der Waals surface area contributed by atoms with Gasteiger partial charge in [0.25, 0.3) is 5.91 Å². The maximum Gasteiger partial charge on any atom is 0.255 e. The first kappa shape index (κ1) is 20.1. The Hall–Kier alpha value is -2.15. The fraction of sp³-hybridized carbons (Fsp3) is 0.682. The summed E-state index contributed by atoms with van der Waals surface area (Å²) in [6.07, 6.45) is 8.24. The molecule has 0 aliphatic carbocycles. The van der Waals surface area contributed by atoms with Gasteiger partial charge in [0.1, 0.15) is 0 Å². The van der Waals surface area contributed by atoms with Gasteiger partial charge >= 0.3 is 0 Å². The first-order valence-corrected chi connectivity index (χ1v) is 10.9. The molecule has 1 unspecified atom stereocenters. The number of methoxy groups -OCH3 is 1. The minimum absolute atomic E-state index is 0.0458. The Labute approximate surface area is 173 Å². The number of hydrogen-bond acceptors (Lipinski definition) is 5. The predicted molar refractivity (Wildman–Crippen MR) is 110 cm³/mol. The number of carbonyl (C=O) groups excluding carboxylic acids is 2. The van der Waals surface area contributed by atoms with E-state index in [1.54, 1.807) is 25.4 Å². The highest BCUT2D eigenvalue weighted by Crippen LogP contribution is 2.39. The second-order valence-corrected chi connectivity index (χ2v) is 8.82. The van der Waals surface area contributed by atoms with Crippen LogP contribution in [0.4, 0.5) is 0 Å². The molecule has 7 heteroatoms. The van der Waals surface area contributed by atoms with Crippen LogP contribution in [0.1, 0.15) is 48.9 Å². The quantitative estimate of drug-likeness (QED) is 0.774. The van der Waals surface area contributed by atoms with Gasteiger partial charge in [-0.25, -0.2) is 4.98 Å². The molecule has 158 valence electrons. The molecule has 3 fully saturated rings. The molecule has 4 rings (SSSR count). The van der Waals surface area contributed by atoms with E-state index in [4.69, 9.17) is 4.74 Å². The van der Waals surface area contributed by atoms with Crippen LogP contribution in [0, 0.1) is 5.41 Å². The van der Waals surface area contributed by atoms with Gasteiger partial charge in [0.15, 0.2) is 0 Å². The predicted octanol–water partition coefficient (Wildman–Crippen LogP) is 2.03. The second kappa shape index (κ2) is 8.69. The van der Waals surface area contributed by atoms with E-state index in [9.17, 15) is 9.59 Å². The summed E-state index contributed by atoms with van der Waals surface area (Å²) >= 11 is 0.